The maximum atomic E-state index is 12.2. The Morgan fingerprint density at radius 2 is 2.05 bits per heavy atom. The van der Waals surface area contributed by atoms with Crippen LogP contribution in [0, 0.1) is 12.8 Å². The van der Waals surface area contributed by atoms with E-state index in [2.05, 4.69) is 24.4 Å². The summed E-state index contributed by atoms with van der Waals surface area (Å²) in [5.41, 5.74) is 7.08. The first-order chi connectivity index (χ1) is 10.2. The van der Waals surface area contributed by atoms with Crippen LogP contribution in [0.2, 0.25) is 0 Å². The number of rotatable bonds is 6. The van der Waals surface area contributed by atoms with Gasteiger partial charge >= 0.3 is 0 Å². The molecule has 1 amide bonds. The van der Waals surface area contributed by atoms with E-state index < -0.39 is 0 Å². The van der Waals surface area contributed by atoms with Crippen LogP contribution in [0.25, 0.3) is 0 Å². The molecule has 116 valence electrons. The molecule has 1 aromatic rings. The molecule has 0 radical (unpaired) electrons. The molecule has 0 saturated heterocycles. The molecule has 1 saturated carbocycles. The van der Waals surface area contributed by atoms with Crippen molar-refractivity contribution < 1.29 is 4.79 Å². The van der Waals surface area contributed by atoms with Gasteiger partial charge in [0.05, 0.1) is 5.75 Å². The molecule has 0 heterocycles. The predicted octanol–water partition coefficient (Wildman–Crippen LogP) is 3.11. The second-order valence-corrected chi connectivity index (χ2v) is 6.88. The van der Waals surface area contributed by atoms with Gasteiger partial charge < -0.3 is 11.1 Å². The number of hydrogen-bond acceptors (Lipinski definition) is 3. The number of nitrogens with two attached hydrogens (primary N) is 1. The summed E-state index contributed by atoms with van der Waals surface area (Å²) in [6.07, 6.45) is 6.27. The lowest BCUT2D eigenvalue weighted by molar-refractivity contribution is -0.119. The standard InChI is InChI=1S/C17H26N2OS/c1-13-7-5-6-10-16(13)21-12-17(20)19-15(11-18)14-8-3-2-4-9-14/h5-7,10,14-15H,2-4,8-9,11-12,18H2,1H3,(H,19,20). The summed E-state index contributed by atoms with van der Waals surface area (Å²) in [5, 5.41) is 3.14. The smallest absolute Gasteiger partial charge is 0.230 e. The van der Waals surface area contributed by atoms with E-state index in [1.807, 2.05) is 12.1 Å². The molecule has 0 spiro atoms. The van der Waals surface area contributed by atoms with Crippen molar-refractivity contribution in [3.05, 3.63) is 29.8 Å². The zero-order valence-corrected chi connectivity index (χ0v) is 13.6. The van der Waals surface area contributed by atoms with Crippen molar-refractivity contribution in [3.8, 4) is 0 Å². The van der Waals surface area contributed by atoms with E-state index in [1.165, 1.54) is 42.6 Å². The molecule has 3 nitrogen and oxygen atoms in total. The Morgan fingerprint density at radius 1 is 1.33 bits per heavy atom. The van der Waals surface area contributed by atoms with Crippen LogP contribution in [-0.2, 0) is 4.79 Å². The summed E-state index contributed by atoms with van der Waals surface area (Å²) in [4.78, 5) is 13.3. The summed E-state index contributed by atoms with van der Waals surface area (Å²) in [5.74, 6) is 1.13. The van der Waals surface area contributed by atoms with E-state index in [0.717, 1.165) is 0 Å². The fourth-order valence-electron chi connectivity index (χ4n) is 3.02. The second-order valence-electron chi connectivity index (χ2n) is 5.86. The summed E-state index contributed by atoms with van der Waals surface area (Å²) >= 11 is 1.60. The Bertz CT molecular complexity index is 458. The largest absolute Gasteiger partial charge is 0.351 e. The first-order valence-electron chi connectivity index (χ1n) is 7.88. The predicted molar refractivity (Wildman–Crippen MR) is 89.5 cm³/mol. The lowest BCUT2D eigenvalue weighted by Gasteiger charge is -2.30. The van der Waals surface area contributed by atoms with Gasteiger partial charge in [-0.15, -0.1) is 11.8 Å². The number of benzene rings is 1. The van der Waals surface area contributed by atoms with E-state index in [0.29, 0.717) is 18.2 Å². The lowest BCUT2D eigenvalue weighted by atomic mass is 9.84. The van der Waals surface area contributed by atoms with E-state index >= 15 is 0 Å². The van der Waals surface area contributed by atoms with Crippen LogP contribution in [-0.4, -0.2) is 24.2 Å². The van der Waals surface area contributed by atoms with Gasteiger partial charge in [0.15, 0.2) is 0 Å². The maximum Gasteiger partial charge on any atom is 0.230 e. The minimum atomic E-state index is 0.101. The molecule has 1 aromatic carbocycles. The first kappa shape index (κ1) is 16.4. The molecule has 2 rings (SSSR count). The quantitative estimate of drug-likeness (QED) is 0.794. The summed E-state index contributed by atoms with van der Waals surface area (Å²) in [6, 6.07) is 8.32. The van der Waals surface area contributed by atoms with E-state index in [9.17, 15) is 4.79 Å². The third-order valence-electron chi connectivity index (χ3n) is 4.27. The molecule has 1 unspecified atom stereocenters. The van der Waals surface area contributed by atoms with Crippen molar-refractivity contribution >= 4 is 17.7 Å². The fourth-order valence-corrected chi connectivity index (χ4v) is 3.86. The second kappa shape index (κ2) is 8.44. The number of nitrogens with one attached hydrogen (secondary N) is 1. The monoisotopic (exact) mass is 306 g/mol. The third-order valence-corrected chi connectivity index (χ3v) is 5.45. The highest BCUT2D eigenvalue weighted by Crippen LogP contribution is 2.26. The Hall–Kier alpha value is -1.00. The number of amides is 1. The Labute approximate surface area is 132 Å². The van der Waals surface area contributed by atoms with Gasteiger partial charge in [-0.3, -0.25) is 4.79 Å². The van der Waals surface area contributed by atoms with Crippen LogP contribution < -0.4 is 11.1 Å². The zero-order chi connectivity index (χ0) is 15.1. The molecule has 0 aromatic heterocycles. The average Bonchev–Trinajstić information content (AvgIpc) is 2.52. The van der Waals surface area contributed by atoms with E-state index in [1.54, 1.807) is 11.8 Å². The molecule has 21 heavy (non-hydrogen) atoms. The SMILES string of the molecule is Cc1ccccc1SCC(=O)NC(CN)C1CCCCC1. The summed E-state index contributed by atoms with van der Waals surface area (Å²) in [6.45, 7) is 2.62. The minimum absolute atomic E-state index is 0.101. The first-order valence-corrected chi connectivity index (χ1v) is 8.87. The van der Waals surface area contributed by atoms with Gasteiger partial charge in [0.25, 0.3) is 0 Å². The number of thioether (sulfide) groups is 1. The molecule has 1 aliphatic rings. The van der Waals surface area contributed by atoms with Crippen molar-refractivity contribution in [2.24, 2.45) is 11.7 Å². The molecule has 1 atom stereocenters. The Morgan fingerprint density at radius 3 is 2.71 bits per heavy atom. The van der Waals surface area contributed by atoms with E-state index in [4.69, 9.17) is 5.73 Å². The average molecular weight is 306 g/mol. The highest BCUT2D eigenvalue weighted by atomic mass is 32.2. The van der Waals surface area contributed by atoms with Crippen LogP contribution in [0.4, 0.5) is 0 Å². The number of carbonyl (C=O) groups is 1. The Kier molecular flexibility index (Phi) is 6.58. The molecular formula is C17H26N2OS. The van der Waals surface area contributed by atoms with E-state index in [-0.39, 0.29) is 11.9 Å². The normalized spacial score (nSPS) is 17.4. The number of aryl methyl sites for hydroxylation is 1. The number of hydrogen-bond donors (Lipinski definition) is 2. The van der Waals surface area contributed by atoms with Gasteiger partial charge in [-0.25, -0.2) is 0 Å². The van der Waals surface area contributed by atoms with Gasteiger partial charge in [0, 0.05) is 17.5 Å². The molecule has 4 heteroatoms. The van der Waals surface area contributed by atoms with Gasteiger partial charge in [-0.2, -0.15) is 0 Å². The molecular weight excluding hydrogens is 280 g/mol. The van der Waals surface area contributed by atoms with Crippen molar-refractivity contribution in [3.63, 3.8) is 0 Å². The van der Waals surface area contributed by atoms with Gasteiger partial charge in [-0.05, 0) is 37.3 Å². The van der Waals surface area contributed by atoms with Crippen molar-refractivity contribution in [1.82, 2.24) is 5.32 Å². The van der Waals surface area contributed by atoms with Crippen LogP contribution >= 0.6 is 11.8 Å². The number of carbonyl (C=O) groups excluding carboxylic acids is 1. The highest BCUT2D eigenvalue weighted by Gasteiger charge is 2.23. The van der Waals surface area contributed by atoms with Gasteiger partial charge in [0.2, 0.25) is 5.91 Å². The van der Waals surface area contributed by atoms with Crippen LogP contribution in [0.15, 0.2) is 29.2 Å². The molecule has 1 aliphatic carbocycles. The topological polar surface area (TPSA) is 55.1 Å². The highest BCUT2D eigenvalue weighted by molar-refractivity contribution is 8.00. The third kappa shape index (κ3) is 5.04. The van der Waals surface area contributed by atoms with Gasteiger partial charge in [-0.1, -0.05) is 37.5 Å². The molecule has 0 bridgehead atoms. The van der Waals surface area contributed by atoms with Crippen molar-refractivity contribution in [1.29, 1.82) is 0 Å². The Balaban J connectivity index is 1.81. The van der Waals surface area contributed by atoms with Crippen LogP contribution in [0.1, 0.15) is 37.7 Å². The molecule has 3 N–H and O–H groups in total. The minimum Gasteiger partial charge on any atom is -0.351 e. The van der Waals surface area contributed by atoms with Crippen molar-refractivity contribution in [2.45, 2.75) is 50.0 Å². The lowest BCUT2D eigenvalue weighted by Crippen LogP contribution is -2.46. The maximum absolute atomic E-state index is 12.2. The summed E-state index contributed by atoms with van der Waals surface area (Å²) < 4.78 is 0. The molecule has 1 fully saturated rings. The molecule has 0 aliphatic heterocycles. The van der Waals surface area contributed by atoms with Crippen LogP contribution in [0.3, 0.4) is 0 Å². The van der Waals surface area contributed by atoms with Crippen LogP contribution in [0.5, 0.6) is 0 Å². The van der Waals surface area contributed by atoms with Crippen molar-refractivity contribution in [2.75, 3.05) is 12.3 Å². The van der Waals surface area contributed by atoms with Gasteiger partial charge in [0.1, 0.15) is 0 Å². The zero-order valence-electron chi connectivity index (χ0n) is 12.8. The fraction of sp³-hybridized carbons (Fsp3) is 0.588. The summed E-state index contributed by atoms with van der Waals surface area (Å²) in [7, 11) is 0.